The Balaban J connectivity index is 1.74. The highest BCUT2D eigenvalue weighted by molar-refractivity contribution is 5.67. The number of rotatable bonds is 1. The fourth-order valence-electron chi connectivity index (χ4n) is 2.20. The second-order valence-corrected chi connectivity index (χ2v) is 4.39. The van der Waals surface area contributed by atoms with E-state index in [4.69, 9.17) is 4.84 Å². The lowest BCUT2D eigenvalue weighted by Gasteiger charge is -2.30. The molecule has 0 aromatic heterocycles. The number of hydrogen-bond acceptors (Lipinski definition) is 3. The minimum atomic E-state index is -0.142. The lowest BCUT2D eigenvalue weighted by molar-refractivity contribution is -0.123. The number of likely N-dealkylation sites (tertiary alicyclic amines) is 1. The molecule has 2 fully saturated rings. The van der Waals surface area contributed by atoms with Crippen LogP contribution in [0.1, 0.15) is 38.5 Å². The van der Waals surface area contributed by atoms with E-state index in [0.29, 0.717) is 0 Å². The van der Waals surface area contributed by atoms with Crippen molar-refractivity contribution in [3.63, 3.8) is 0 Å². The van der Waals surface area contributed by atoms with Crippen LogP contribution in [-0.4, -0.2) is 42.2 Å². The Labute approximate surface area is 91.1 Å². The maximum atomic E-state index is 11.7. The standard InChI is InChI=1S/C11H20N2O2/c14-11(12-7-3-1-4-8-12)15-13-9-5-2-6-10-13/h1-10H2. The lowest BCUT2D eigenvalue weighted by atomic mass is 10.1. The van der Waals surface area contributed by atoms with Crippen molar-refractivity contribution in [1.82, 2.24) is 9.96 Å². The van der Waals surface area contributed by atoms with Crippen LogP contribution < -0.4 is 0 Å². The maximum Gasteiger partial charge on any atom is 0.428 e. The monoisotopic (exact) mass is 212 g/mol. The minimum absolute atomic E-state index is 0.142. The summed E-state index contributed by atoms with van der Waals surface area (Å²) in [6.07, 6.45) is 6.90. The van der Waals surface area contributed by atoms with Crippen LogP contribution >= 0.6 is 0 Å². The maximum absolute atomic E-state index is 11.7. The molecule has 2 aliphatic heterocycles. The first-order valence-electron chi connectivity index (χ1n) is 6.08. The molecule has 4 nitrogen and oxygen atoms in total. The van der Waals surface area contributed by atoms with Gasteiger partial charge in [-0.15, -0.1) is 5.06 Å². The summed E-state index contributed by atoms with van der Waals surface area (Å²) in [6.45, 7) is 3.54. The summed E-state index contributed by atoms with van der Waals surface area (Å²) in [7, 11) is 0. The van der Waals surface area contributed by atoms with E-state index in [1.54, 1.807) is 0 Å². The lowest BCUT2D eigenvalue weighted by Crippen LogP contribution is -2.41. The number of piperidine rings is 2. The molecule has 2 saturated heterocycles. The Kier molecular flexibility index (Phi) is 3.83. The van der Waals surface area contributed by atoms with Crippen molar-refractivity contribution in [2.45, 2.75) is 38.5 Å². The highest BCUT2D eigenvalue weighted by Gasteiger charge is 2.21. The number of nitrogens with zero attached hydrogens (tertiary/aromatic N) is 2. The molecule has 0 aromatic rings. The highest BCUT2D eigenvalue weighted by Crippen LogP contribution is 2.13. The first-order valence-corrected chi connectivity index (χ1v) is 6.08. The molecule has 86 valence electrons. The summed E-state index contributed by atoms with van der Waals surface area (Å²) in [5, 5.41) is 1.82. The summed E-state index contributed by atoms with van der Waals surface area (Å²) in [4.78, 5) is 18.9. The minimum Gasteiger partial charge on any atom is -0.351 e. The first kappa shape index (κ1) is 10.7. The summed E-state index contributed by atoms with van der Waals surface area (Å²) < 4.78 is 0. The third kappa shape index (κ3) is 3.09. The average molecular weight is 212 g/mol. The van der Waals surface area contributed by atoms with Crippen LogP contribution in [-0.2, 0) is 4.84 Å². The van der Waals surface area contributed by atoms with Crippen LogP contribution in [0.2, 0.25) is 0 Å². The molecule has 4 heteroatoms. The summed E-state index contributed by atoms with van der Waals surface area (Å²) >= 11 is 0. The van der Waals surface area contributed by atoms with Crippen LogP contribution in [0.3, 0.4) is 0 Å². The molecule has 15 heavy (non-hydrogen) atoms. The van der Waals surface area contributed by atoms with E-state index in [9.17, 15) is 4.79 Å². The van der Waals surface area contributed by atoms with E-state index < -0.39 is 0 Å². The zero-order valence-corrected chi connectivity index (χ0v) is 9.28. The summed E-state index contributed by atoms with van der Waals surface area (Å²) in [5.74, 6) is 0. The van der Waals surface area contributed by atoms with Crippen molar-refractivity contribution in [2.24, 2.45) is 0 Å². The van der Waals surface area contributed by atoms with Gasteiger partial charge in [-0.3, -0.25) is 0 Å². The Morgan fingerprint density at radius 1 is 0.800 bits per heavy atom. The summed E-state index contributed by atoms with van der Waals surface area (Å²) in [5.41, 5.74) is 0. The van der Waals surface area contributed by atoms with Gasteiger partial charge in [0, 0.05) is 26.2 Å². The zero-order valence-electron chi connectivity index (χ0n) is 9.28. The van der Waals surface area contributed by atoms with Crippen LogP contribution in [0.4, 0.5) is 4.79 Å². The number of amides is 1. The first-order chi connectivity index (χ1) is 7.36. The van der Waals surface area contributed by atoms with Crippen molar-refractivity contribution < 1.29 is 9.63 Å². The van der Waals surface area contributed by atoms with Gasteiger partial charge in [0.15, 0.2) is 0 Å². The fourth-order valence-corrected chi connectivity index (χ4v) is 2.20. The molecule has 2 heterocycles. The number of hydrogen-bond donors (Lipinski definition) is 0. The van der Waals surface area contributed by atoms with Gasteiger partial charge in [0.05, 0.1) is 0 Å². The molecule has 0 bridgehead atoms. The molecule has 0 unspecified atom stereocenters. The van der Waals surface area contributed by atoms with E-state index in [0.717, 1.165) is 51.9 Å². The van der Waals surface area contributed by atoms with E-state index in [1.807, 2.05) is 9.96 Å². The van der Waals surface area contributed by atoms with Crippen molar-refractivity contribution in [2.75, 3.05) is 26.2 Å². The molecule has 2 aliphatic rings. The van der Waals surface area contributed by atoms with E-state index >= 15 is 0 Å². The molecule has 2 rings (SSSR count). The van der Waals surface area contributed by atoms with E-state index in [2.05, 4.69) is 0 Å². The Morgan fingerprint density at radius 2 is 1.33 bits per heavy atom. The third-order valence-electron chi connectivity index (χ3n) is 3.14. The van der Waals surface area contributed by atoms with Gasteiger partial charge >= 0.3 is 6.09 Å². The number of hydroxylamine groups is 2. The van der Waals surface area contributed by atoms with Gasteiger partial charge in [0.25, 0.3) is 0 Å². The largest absolute Gasteiger partial charge is 0.428 e. The normalized spacial score (nSPS) is 23.9. The predicted molar refractivity (Wildman–Crippen MR) is 57.3 cm³/mol. The van der Waals surface area contributed by atoms with Crippen molar-refractivity contribution >= 4 is 6.09 Å². The van der Waals surface area contributed by atoms with Gasteiger partial charge < -0.3 is 9.74 Å². The average Bonchev–Trinajstić information content (AvgIpc) is 2.31. The molecule has 0 aromatic carbocycles. The molecular weight excluding hydrogens is 192 g/mol. The molecule has 0 radical (unpaired) electrons. The van der Waals surface area contributed by atoms with Crippen molar-refractivity contribution in [3.8, 4) is 0 Å². The zero-order chi connectivity index (χ0) is 10.5. The number of carbonyl (C=O) groups is 1. The van der Waals surface area contributed by atoms with Gasteiger partial charge in [0.1, 0.15) is 0 Å². The molecule has 1 amide bonds. The Morgan fingerprint density at radius 3 is 1.93 bits per heavy atom. The van der Waals surface area contributed by atoms with Crippen molar-refractivity contribution in [3.05, 3.63) is 0 Å². The van der Waals surface area contributed by atoms with Gasteiger partial charge in [0.2, 0.25) is 0 Å². The third-order valence-corrected chi connectivity index (χ3v) is 3.14. The highest BCUT2D eigenvalue weighted by atomic mass is 16.7. The molecule has 0 N–H and O–H groups in total. The molecule has 0 aliphatic carbocycles. The second kappa shape index (κ2) is 5.35. The quantitative estimate of drug-likeness (QED) is 0.666. The predicted octanol–water partition coefficient (Wildman–Crippen LogP) is 2.01. The van der Waals surface area contributed by atoms with Crippen molar-refractivity contribution in [1.29, 1.82) is 0 Å². The van der Waals surface area contributed by atoms with Gasteiger partial charge in [-0.2, -0.15) is 0 Å². The Hall–Kier alpha value is -0.770. The van der Waals surface area contributed by atoms with Gasteiger partial charge in [-0.05, 0) is 32.1 Å². The molecular formula is C11H20N2O2. The van der Waals surface area contributed by atoms with Crippen LogP contribution in [0, 0.1) is 0 Å². The van der Waals surface area contributed by atoms with E-state index in [1.165, 1.54) is 12.8 Å². The van der Waals surface area contributed by atoms with Crippen LogP contribution in [0.15, 0.2) is 0 Å². The van der Waals surface area contributed by atoms with Gasteiger partial charge in [-0.25, -0.2) is 4.79 Å². The summed E-state index contributed by atoms with van der Waals surface area (Å²) in [6, 6.07) is 0. The number of carbonyl (C=O) groups excluding carboxylic acids is 1. The molecule has 0 atom stereocenters. The van der Waals surface area contributed by atoms with Gasteiger partial charge in [-0.1, -0.05) is 6.42 Å². The molecule has 0 saturated carbocycles. The SMILES string of the molecule is O=C(ON1CCCCC1)N1CCCCC1. The second-order valence-electron chi connectivity index (χ2n) is 4.39. The topological polar surface area (TPSA) is 32.8 Å². The Bertz CT molecular complexity index is 209. The molecule has 0 spiro atoms. The van der Waals surface area contributed by atoms with E-state index in [-0.39, 0.29) is 6.09 Å². The smallest absolute Gasteiger partial charge is 0.351 e. The van der Waals surface area contributed by atoms with Crippen LogP contribution in [0.25, 0.3) is 0 Å². The van der Waals surface area contributed by atoms with Crippen LogP contribution in [0.5, 0.6) is 0 Å². The fraction of sp³-hybridized carbons (Fsp3) is 0.909.